The molecule has 0 bridgehead atoms. The van der Waals surface area contributed by atoms with Crippen LogP contribution in [-0.2, 0) is 11.3 Å². The average Bonchev–Trinajstić information content (AvgIpc) is 2.97. The number of aromatic nitrogens is 2. The predicted octanol–water partition coefficient (Wildman–Crippen LogP) is 5.16. The van der Waals surface area contributed by atoms with Crippen molar-refractivity contribution >= 4 is 23.3 Å². The number of nitrogens with zero attached hydrogens (tertiary/aromatic N) is 2. The molecular weight excluding hydrogens is 411 g/mol. The molecule has 1 N–H and O–H groups in total. The van der Waals surface area contributed by atoms with Gasteiger partial charge in [0.1, 0.15) is 16.8 Å². The Morgan fingerprint density at radius 2 is 2.03 bits per heavy atom. The van der Waals surface area contributed by atoms with Gasteiger partial charge in [0.2, 0.25) is 0 Å². The number of anilines is 1. The van der Waals surface area contributed by atoms with E-state index >= 15 is 0 Å². The van der Waals surface area contributed by atoms with E-state index in [0.29, 0.717) is 23.6 Å². The lowest BCUT2D eigenvalue weighted by Crippen LogP contribution is -2.33. The summed E-state index contributed by atoms with van der Waals surface area (Å²) in [6.07, 6.45) is -3.66. The third kappa shape index (κ3) is 5.14. The topological polar surface area (TPSA) is 65.4 Å². The van der Waals surface area contributed by atoms with Gasteiger partial charge in [-0.1, -0.05) is 18.5 Å². The Morgan fingerprint density at radius 3 is 2.59 bits per heavy atom. The lowest BCUT2D eigenvalue weighted by atomic mass is 10.1. The molecule has 1 atom stereocenters. The minimum atomic E-state index is -4.39. The highest BCUT2D eigenvalue weighted by atomic mass is 35.5. The molecule has 0 radical (unpaired) electrons. The van der Waals surface area contributed by atoms with Crippen LogP contribution in [0.1, 0.15) is 37.7 Å². The summed E-state index contributed by atoms with van der Waals surface area (Å²) in [5.74, 6) is -0.358. The number of rotatable bonds is 8. The summed E-state index contributed by atoms with van der Waals surface area (Å²) in [7, 11) is 1.40. The minimum Gasteiger partial charge on any atom is -0.496 e. The quantitative estimate of drug-likeness (QED) is 0.582. The van der Waals surface area contributed by atoms with Crippen molar-refractivity contribution < 1.29 is 27.4 Å². The lowest BCUT2D eigenvalue weighted by Gasteiger charge is -2.19. The Labute approximate surface area is 171 Å². The van der Waals surface area contributed by atoms with Gasteiger partial charge in [-0.15, -0.1) is 0 Å². The van der Waals surface area contributed by atoms with Crippen molar-refractivity contribution in [3.05, 3.63) is 28.9 Å². The Kier molecular flexibility index (Phi) is 7.40. The number of hydrogen-bond donors (Lipinski definition) is 1. The molecule has 0 amide bonds. The molecule has 6 nitrogen and oxygen atoms in total. The zero-order chi connectivity index (χ0) is 21.8. The molecule has 1 aromatic heterocycles. The molecule has 160 valence electrons. The number of carbonyl (C=O) groups excluding carboxylic acids is 1. The van der Waals surface area contributed by atoms with Gasteiger partial charge in [-0.3, -0.25) is 4.68 Å². The third-order valence-electron chi connectivity index (χ3n) is 4.13. The van der Waals surface area contributed by atoms with E-state index in [-0.39, 0.29) is 23.0 Å². The minimum absolute atomic E-state index is 0.0214. The molecule has 0 aliphatic rings. The van der Waals surface area contributed by atoms with E-state index in [0.717, 1.165) is 13.3 Å². The van der Waals surface area contributed by atoms with Crippen LogP contribution >= 0.6 is 11.6 Å². The van der Waals surface area contributed by atoms with E-state index in [1.807, 2.05) is 6.92 Å². The maximum Gasteiger partial charge on any atom is 0.408 e. The highest BCUT2D eigenvalue weighted by Crippen LogP contribution is 2.39. The number of esters is 1. The molecule has 1 unspecified atom stereocenters. The van der Waals surface area contributed by atoms with E-state index in [4.69, 9.17) is 21.1 Å². The van der Waals surface area contributed by atoms with Gasteiger partial charge < -0.3 is 14.8 Å². The van der Waals surface area contributed by atoms with Crippen molar-refractivity contribution in [2.75, 3.05) is 19.0 Å². The number of nitrogens with one attached hydrogen (secondary N) is 1. The maximum atomic E-state index is 12.8. The largest absolute Gasteiger partial charge is 0.496 e. The number of aryl methyl sites for hydroxylation is 1. The van der Waals surface area contributed by atoms with Crippen molar-refractivity contribution in [1.29, 1.82) is 0 Å². The van der Waals surface area contributed by atoms with Gasteiger partial charge in [-0.25, -0.2) is 4.79 Å². The highest BCUT2D eigenvalue weighted by Gasteiger charge is 2.36. The third-order valence-corrected chi connectivity index (χ3v) is 4.49. The van der Waals surface area contributed by atoms with Crippen LogP contribution in [0.4, 0.5) is 18.9 Å². The van der Waals surface area contributed by atoms with Crippen molar-refractivity contribution in [2.24, 2.45) is 0 Å². The standard InChI is InChI=1S/C19H23ClF3N3O3/c1-5-9-26-17(15(20)16(25-26)18(27)29-6-2)13-8-7-12(10-14(13)28-4)24-11(3)19(21,22)23/h7-8,10-11,24H,5-6,9H2,1-4H3. The van der Waals surface area contributed by atoms with Crippen LogP contribution in [-0.4, -0.2) is 41.7 Å². The average molecular weight is 434 g/mol. The van der Waals surface area contributed by atoms with Gasteiger partial charge in [0.15, 0.2) is 5.69 Å². The molecule has 0 aliphatic carbocycles. The van der Waals surface area contributed by atoms with Crippen molar-refractivity contribution in [1.82, 2.24) is 9.78 Å². The smallest absolute Gasteiger partial charge is 0.408 e. The van der Waals surface area contributed by atoms with Gasteiger partial charge in [0, 0.05) is 23.9 Å². The summed E-state index contributed by atoms with van der Waals surface area (Å²) in [6, 6.07) is 2.78. The van der Waals surface area contributed by atoms with Crippen LogP contribution in [0.3, 0.4) is 0 Å². The molecule has 1 aromatic carbocycles. The molecule has 0 spiro atoms. The van der Waals surface area contributed by atoms with Crippen molar-refractivity contribution in [3.8, 4) is 17.0 Å². The number of carbonyl (C=O) groups is 1. The number of halogens is 4. The summed E-state index contributed by atoms with van der Waals surface area (Å²) >= 11 is 6.44. The Bertz CT molecular complexity index is 868. The zero-order valence-corrected chi connectivity index (χ0v) is 17.3. The summed E-state index contributed by atoms with van der Waals surface area (Å²) in [6.45, 7) is 5.28. The molecule has 29 heavy (non-hydrogen) atoms. The highest BCUT2D eigenvalue weighted by molar-refractivity contribution is 6.36. The first-order valence-corrected chi connectivity index (χ1v) is 9.46. The normalized spacial score (nSPS) is 12.6. The molecule has 10 heteroatoms. The SMILES string of the molecule is CCCn1nc(C(=O)OCC)c(Cl)c1-c1ccc(NC(C)C(F)(F)F)cc1OC. The molecule has 0 aliphatic heterocycles. The molecule has 0 saturated heterocycles. The Morgan fingerprint density at radius 1 is 1.34 bits per heavy atom. The van der Waals surface area contributed by atoms with Gasteiger partial charge >= 0.3 is 12.1 Å². The second kappa shape index (κ2) is 9.39. The Hall–Kier alpha value is -2.42. The van der Waals surface area contributed by atoms with Crippen molar-refractivity contribution in [3.63, 3.8) is 0 Å². The van der Waals surface area contributed by atoms with Gasteiger partial charge in [-0.05, 0) is 32.4 Å². The van der Waals surface area contributed by atoms with E-state index in [1.54, 1.807) is 17.7 Å². The molecule has 1 heterocycles. The fraction of sp³-hybridized carbons (Fsp3) is 0.474. The predicted molar refractivity (Wildman–Crippen MR) is 105 cm³/mol. The second-order valence-corrected chi connectivity index (χ2v) is 6.66. The summed E-state index contributed by atoms with van der Waals surface area (Å²) in [5, 5.41) is 6.76. The van der Waals surface area contributed by atoms with Crippen LogP contribution < -0.4 is 10.1 Å². The van der Waals surface area contributed by atoms with E-state index < -0.39 is 18.2 Å². The fourth-order valence-electron chi connectivity index (χ4n) is 2.71. The number of methoxy groups -OCH3 is 1. The monoisotopic (exact) mass is 433 g/mol. The summed E-state index contributed by atoms with van der Waals surface area (Å²) < 4.78 is 50.4. The number of alkyl halides is 3. The Balaban J connectivity index is 2.51. The van der Waals surface area contributed by atoms with Gasteiger partial charge in [0.05, 0.1) is 19.4 Å². The van der Waals surface area contributed by atoms with E-state index in [9.17, 15) is 18.0 Å². The lowest BCUT2D eigenvalue weighted by molar-refractivity contribution is -0.138. The van der Waals surface area contributed by atoms with Crippen LogP contribution in [0.15, 0.2) is 18.2 Å². The van der Waals surface area contributed by atoms with Crippen molar-refractivity contribution in [2.45, 2.75) is 46.0 Å². The molecule has 0 saturated carbocycles. The van der Waals surface area contributed by atoms with Gasteiger partial charge in [-0.2, -0.15) is 18.3 Å². The van der Waals surface area contributed by atoms with E-state index in [1.165, 1.54) is 19.2 Å². The van der Waals surface area contributed by atoms with E-state index in [2.05, 4.69) is 10.4 Å². The fourth-order valence-corrected chi connectivity index (χ4v) is 3.02. The first kappa shape index (κ1) is 22.9. The van der Waals surface area contributed by atoms with Gasteiger partial charge in [0.25, 0.3) is 0 Å². The van der Waals surface area contributed by atoms with Crippen LogP contribution in [0.2, 0.25) is 5.02 Å². The number of ether oxygens (including phenoxy) is 2. The number of hydrogen-bond acceptors (Lipinski definition) is 5. The maximum absolute atomic E-state index is 12.8. The molecule has 0 fully saturated rings. The zero-order valence-electron chi connectivity index (χ0n) is 16.6. The summed E-state index contributed by atoms with van der Waals surface area (Å²) in [5.41, 5.74) is 1.15. The second-order valence-electron chi connectivity index (χ2n) is 6.28. The molecule has 2 aromatic rings. The van der Waals surface area contributed by atoms with Crippen LogP contribution in [0.25, 0.3) is 11.3 Å². The van der Waals surface area contributed by atoms with Crippen LogP contribution in [0, 0.1) is 0 Å². The molecular formula is C19H23ClF3N3O3. The summed E-state index contributed by atoms with van der Waals surface area (Å²) in [4.78, 5) is 12.2. The van der Waals surface area contributed by atoms with Crippen LogP contribution in [0.5, 0.6) is 5.75 Å². The number of benzene rings is 1. The first-order valence-electron chi connectivity index (χ1n) is 9.09. The first-order chi connectivity index (χ1) is 13.6. The molecule has 2 rings (SSSR count).